The predicted octanol–water partition coefficient (Wildman–Crippen LogP) is 3.07. The first-order chi connectivity index (χ1) is 9.29. The van der Waals surface area contributed by atoms with E-state index in [0.29, 0.717) is 0 Å². The van der Waals surface area contributed by atoms with Crippen LogP contribution >= 0.6 is 0 Å². The van der Waals surface area contributed by atoms with Crippen LogP contribution in [0.4, 0.5) is 0 Å². The third kappa shape index (κ3) is 4.14. The Balaban J connectivity index is 2.16. The molecule has 100 valence electrons. The first-order valence-electron chi connectivity index (χ1n) is 6.86. The zero-order chi connectivity index (χ0) is 13.5. The van der Waals surface area contributed by atoms with Crippen molar-refractivity contribution in [1.29, 1.82) is 0 Å². The molecule has 0 spiro atoms. The molecular weight excluding hydrogens is 234 g/mol. The smallest absolute Gasteiger partial charge is 0.125 e. The predicted molar refractivity (Wildman–Crippen MR) is 77.9 cm³/mol. The fourth-order valence-electron chi connectivity index (χ4n) is 2.12. The van der Waals surface area contributed by atoms with Crippen molar-refractivity contribution in [2.75, 3.05) is 6.54 Å². The Morgan fingerprint density at radius 2 is 1.95 bits per heavy atom. The first-order valence-corrected chi connectivity index (χ1v) is 6.86. The second kappa shape index (κ2) is 7.00. The largest absolute Gasteiger partial charge is 0.308 e. The number of aromatic nitrogens is 2. The molecule has 0 saturated carbocycles. The van der Waals surface area contributed by atoms with Crippen molar-refractivity contribution in [2.45, 2.75) is 32.7 Å². The summed E-state index contributed by atoms with van der Waals surface area (Å²) in [6.45, 7) is 5.11. The molecule has 3 heteroatoms. The maximum absolute atomic E-state index is 4.55. The van der Waals surface area contributed by atoms with Crippen LogP contribution in [0.3, 0.4) is 0 Å². The minimum absolute atomic E-state index is 0.254. The van der Waals surface area contributed by atoms with Gasteiger partial charge in [0, 0.05) is 6.20 Å². The third-order valence-electron chi connectivity index (χ3n) is 3.08. The standard InChI is InChI=1S/C16H21N3/c1-3-10-18-16(12-14-7-5-4-6-8-14)15-9-11-17-13(2)19-15/h4-9,11,16,18H,3,10,12H2,1-2H3. The molecule has 0 saturated heterocycles. The summed E-state index contributed by atoms with van der Waals surface area (Å²) in [6, 6.07) is 12.8. The Morgan fingerprint density at radius 3 is 2.63 bits per heavy atom. The second-order valence-corrected chi connectivity index (χ2v) is 4.73. The molecule has 1 heterocycles. The van der Waals surface area contributed by atoms with Gasteiger partial charge in [0.15, 0.2) is 0 Å². The van der Waals surface area contributed by atoms with Crippen molar-refractivity contribution in [3.05, 3.63) is 59.7 Å². The lowest BCUT2D eigenvalue weighted by atomic mass is 10.0. The van der Waals surface area contributed by atoms with Crippen molar-refractivity contribution in [1.82, 2.24) is 15.3 Å². The molecular formula is C16H21N3. The van der Waals surface area contributed by atoms with Gasteiger partial charge in [-0.25, -0.2) is 9.97 Å². The van der Waals surface area contributed by atoms with Crippen molar-refractivity contribution < 1.29 is 0 Å². The quantitative estimate of drug-likeness (QED) is 0.862. The van der Waals surface area contributed by atoms with E-state index in [9.17, 15) is 0 Å². The Kier molecular flexibility index (Phi) is 5.04. The van der Waals surface area contributed by atoms with Crippen LogP contribution in [-0.4, -0.2) is 16.5 Å². The van der Waals surface area contributed by atoms with Crippen molar-refractivity contribution in [3.8, 4) is 0 Å². The lowest BCUT2D eigenvalue weighted by Crippen LogP contribution is -2.25. The summed E-state index contributed by atoms with van der Waals surface area (Å²) in [5.74, 6) is 0.828. The highest BCUT2D eigenvalue weighted by atomic mass is 15.0. The minimum Gasteiger partial charge on any atom is -0.308 e. The Hall–Kier alpha value is -1.74. The number of nitrogens with one attached hydrogen (secondary N) is 1. The van der Waals surface area contributed by atoms with Crippen LogP contribution in [0.25, 0.3) is 0 Å². The maximum Gasteiger partial charge on any atom is 0.125 e. The summed E-state index contributed by atoms with van der Waals surface area (Å²) >= 11 is 0. The van der Waals surface area contributed by atoms with Crippen LogP contribution in [0, 0.1) is 6.92 Å². The van der Waals surface area contributed by atoms with Gasteiger partial charge in [0.1, 0.15) is 5.82 Å². The minimum atomic E-state index is 0.254. The number of nitrogens with zero attached hydrogens (tertiary/aromatic N) is 2. The van der Waals surface area contributed by atoms with Crippen LogP contribution in [0.15, 0.2) is 42.6 Å². The Bertz CT molecular complexity index is 496. The highest BCUT2D eigenvalue weighted by Crippen LogP contribution is 2.16. The van der Waals surface area contributed by atoms with Gasteiger partial charge in [-0.1, -0.05) is 37.3 Å². The average Bonchev–Trinajstić information content (AvgIpc) is 2.44. The summed E-state index contributed by atoms with van der Waals surface area (Å²) in [5.41, 5.74) is 2.40. The molecule has 19 heavy (non-hydrogen) atoms. The molecule has 1 aromatic carbocycles. The van der Waals surface area contributed by atoms with E-state index < -0.39 is 0 Å². The van der Waals surface area contributed by atoms with E-state index in [4.69, 9.17) is 0 Å². The topological polar surface area (TPSA) is 37.8 Å². The number of hydrogen-bond acceptors (Lipinski definition) is 3. The van der Waals surface area contributed by atoms with E-state index in [2.05, 4.69) is 46.5 Å². The normalized spacial score (nSPS) is 12.3. The molecule has 1 N–H and O–H groups in total. The Labute approximate surface area is 115 Å². The molecule has 0 aliphatic heterocycles. The second-order valence-electron chi connectivity index (χ2n) is 4.73. The third-order valence-corrected chi connectivity index (χ3v) is 3.08. The van der Waals surface area contributed by atoms with Gasteiger partial charge in [0.2, 0.25) is 0 Å². The highest BCUT2D eigenvalue weighted by Gasteiger charge is 2.13. The molecule has 0 amide bonds. The summed E-state index contributed by atoms with van der Waals surface area (Å²) in [6.07, 6.45) is 3.91. The van der Waals surface area contributed by atoms with Gasteiger partial charge in [-0.2, -0.15) is 0 Å². The van der Waals surface area contributed by atoms with Crippen molar-refractivity contribution in [3.63, 3.8) is 0 Å². The molecule has 0 bridgehead atoms. The van der Waals surface area contributed by atoms with E-state index in [1.165, 1.54) is 5.56 Å². The van der Waals surface area contributed by atoms with Crippen LogP contribution in [0.2, 0.25) is 0 Å². The Morgan fingerprint density at radius 1 is 1.16 bits per heavy atom. The van der Waals surface area contributed by atoms with E-state index in [-0.39, 0.29) is 6.04 Å². The fraction of sp³-hybridized carbons (Fsp3) is 0.375. The molecule has 2 rings (SSSR count). The van der Waals surface area contributed by atoms with Gasteiger partial charge >= 0.3 is 0 Å². The van der Waals surface area contributed by atoms with E-state index in [1.54, 1.807) is 0 Å². The SMILES string of the molecule is CCCNC(Cc1ccccc1)c1ccnc(C)n1. The molecule has 0 radical (unpaired) electrons. The van der Waals surface area contributed by atoms with Crippen molar-refractivity contribution in [2.24, 2.45) is 0 Å². The highest BCUT2D eigenvalue weighted by molar-refractivity contribution is 5.19. The molecule has 1 atom stereocenters. The van der Waals surface area contributed by atoms with Gasteiger partial charge in [-0.15, -0.1) is 0 Å². The molecule has 0 fully saturated rings. The summed E-state index contributed by atoms with van der Waals surface area (Å²) < 4.78 is 0. The number of hydrogen-bond donors (Lipinski definition) is 1. The van der Waals surface area contributed by atoms with Gasteiger partial charge in [0.05, 0.1) is 11.7 Å². The lowest BCUT2D eigenvalue weighted by Gasteiger charge is -2.18. The zero-order valence-corrected chi connectivity index (χ0v) is 11.6. The zero-order valence-electron chi connectivity index (χ0n) is 11.6. The van der Waals surface area contributed by atoms with Crippen LogP contribution in [0.5, 0.6) is 0 Å². The molecule has 1 aromatic heterocycles. The van der Waals surface area contributed by atoms with Crippen LogP contribution < -0.4 is 5.32 Å². The number of rotatable bonds is 6. The van der Waals surface area contributed by atoms with Gasteiger partial charge < -0.3 is 5.32 Å². The lowest BCUT2D eigenvalue weighted by molar-refractivity contribution is 0.515. The first kappa shape index (κ1) is 13.7. The van der Waals surface area contributed by atoms with Gasteiger partial charge in [-0.3, -0.25) is 0 Å². The van der Waals surface area contributed by atoms with Gasteiger partial charge in [0.25, 0.3) is 0 Å². The van der Waals surface area contributed by atoms with E-state index in [0.717, 1.165) is 30.9 Å². The molecule has 0 aliphatic rings. The molecule has 1 unspecified atom stereocenters. The maximum atomic E-state index is 4.55. The monoisotopic (exact) mass is 255 g/mol. The molecule has 0 aliphatic carbocycles. The van der Waals surface area contributed by atoms with Crippen LogP contribution in [0.1, 0.15) is 36.5 Å². The number of benzene rings is 1. The summed E-state index contributed by atoms with van der Waals surface area (Å²) in [4.78, 5) is 8.72. The van der Waals surface area contributed by atoms with E-state index >= 15 is 0 Å². The van der Waals surface area contributed by atoms with E-state index in [1.807, 2.05) is 25.3 Å². The summed E-state index contributed by atoms with van der Waals surface area (Å²) in [5, 5.41) is 3.57. The van der Waals surface area contributed by atoms with Crippen molar-refractivity contribution >= 4 is 0 Å². The summed E-state index contributed by atoms with van der Waals surface area (Å²) in [7, 11) is 0. The average molecular weight is 255 g/mol. The molecule has 2 aromatic rings. The van der Waals surface area contributed by atoms with Crippen LogP contribution in [-0.2, 0) is 6.42 Å². The van der Waals surface area contributed by atoms with Gasteiger partial charge in [-0.05, 0) is 37.9 Å². The molecule has 3 nitrogen and oxygen atoms in total. The number of aryl methyl sites for hydroxylation is 1. The fourth-order valence-corrected chi connectivity index (χ4v) is 2.12.